The lowest BCUT2D eigenvalue weighted by atomic mass is 10.2. The fourth-order valence-electron chi connectivity index (χ4n) is 1.25. The van der Waals surface area contributed by atoms with E-state index in [4.69, 9.17) is 11.6 Å². The molecule has 0 spiro atoms. The lowest BCUT2D eigenvalue weighted by molar-refractivity contribution is 0.0955. The molecule has 2 aromatic rings. The predicted octanol–water partition coefficient (Wildman–Crippen LogP) is 2.89. The summed E-state index contributed by atoms with van der Waals surface area (Å²) in [4.78, 5) is 11.6. The molecule has 0 aliphatic heterocycles. The smallest absolute Gasteiger partial charge is 0.267 e. The molecule has 4 heteroatoms. The first kappa shape index (κ1) is 10.6. The van der Waals surface area contributed by atoms with Gasteiger partial charge in [-0.25, -0.2) is 4.68 Å². The first-order chi connectivity index (χ1) is 7.77. The first-order valence-corrected chi connectivity index (χ1v) is 5.12. The van der Waals surface area contributed by atoms with Crippen LogP contribution in [-0.4, -0.2) is 15.7 Å². The molecular weight excluding hydrogens is 224 g/mol. The number of nitrogens with zero attached hydrogens (tertiary/aromatic N) is 2. The van der Waals surface area contributed by atoms with E-state index in [2.05, 4.69) is 5.10 Å². The van der Waals surface area contributed by atoms with Crippen LogP contribution in [0.5, 0.6) is 0 Å². The highest BCUT2D eigenvalue weighted by Gasteiger charge is 1.99. The highest BCUT2D eigenvalue weighted by Crippen LogP contribution is 2.16. The summed E-state index contributed by atoms with van der Waals surface area (Å²) in [6.07, 6.45) is 6.26. The first-order valence-electron chi connectivity index (χ1n) is 4.74. The fraction of sp³-hybridized carbons (Fsp3) is 0. The van der Waals surface area contributed by atoms with Crippen LogP contribution in [0.25, 0.3) is 6.08 Å². The van der Waals surface area contributed by atoms with Crippen LogP contribution in [0.15, 0.2) is 48.8 Å². The Morgan fingerprint density at radius 1 is 1.31 bits per heavy atom. The van der Waals surface area contributed by atoms with E-state index in [0.29, 0.717) is 5.02 Å². The van der Waals surface area contributed by atoms with Crippen LogP contribution in [0.1, 0.15) is 10.4 Å². The number of hydrogen-bond acceptors (Lipinski definition) is 2. The fourth-order valence-corrected chi connectivity index (χ4v) is 1.45. The zero-order valence-corrected chi connectivity index (χ0v) is 9.13. The number of carbonyl (C=O) groups is 1. The molecule has 3 nitrogen and oxygen atoms in total. The Bertz CT molecular complexity index is 518. The van der Waals surface area contributed by atoms with Crippen LogP contribution in [-0.2, 0) is 0 Å². The zero-order valence-electron chi connectivity index (χ0n) is 8.38. The van der Waals surface area contributed by atoms with Gasteiger partial charge in [-0.2, -0.15) is 5.10 Å². The van der Waals surface area contributed by atoms with Crippen molar-refractivity contribution in [2.45, 2.75) is 0 Å². The van der Waals surface area contributed by atoms with Crippen molar-refractivity contribution >= 4 is 23.6 Å². The maximum Gasteiger partial charge on any atom is 0.270 e. The average Bonchev–Trinajstić information content (AvgIpc) is 2.81. The van der Waals surface area contributed by atoms with Gasteiger partial charge in [0.25, 0.3) is 5.91 Å². The van der Waals surface area contributed by atoms with Gasteiger partial charge in [0.05, 0.1) is 0 Å². The number of rotatable bonds is 2. The van der Waals surface area contributed by atoms with Gasteiger partial charge in [-0.05, 0) is 23.8 Å². The van der Waals surface area contributed by atoms with Crippen molar-refractivity contribution in [3.8, 4) is 0 Å². The highest BCUT2D eigenvalue weighted by atomic mass is 35.5. The van der Waals surface area contributed by atoms with Crippen LogP contribution in [0.3, 0.4) is 0 Å². The summed E-state index contributed by atoms with van der Waals surface area (Å²) in [6.45, 7) is 0. The number of carbonyl (C=O) groups excluding carboxylic acids is 1. The van der Waals surface area contributed by atoms with E-state index in [-0.39, 0.29) is 5.91 Å². The summed E-state index contributed by atoms with van der Waals surface area (Å²) in [5, 5.41) is 4.45. The van der Waals surface area contributed by atoms with Crippen molar-refractivity contribution in [3.63, 3.8) is 0 Å². The second-order valence-corrected chi connectivity index (χ2v) is 3.55. The van der Waals surface area contributed by atoms with Crippen molar-refractivity contribution in [1.29, 1.82) is 0 Å². The molecule has 0 radical (unpaired) electrons. The molecule has 0 fully saturated rings. The van der Waals surface area contributed by atoms with Crippen LogP contribution in [0.4, 0.5) is 0 Å². The Hall–Kier alpha value is -1.87. The van der Waals surface area contributed by atoms with Crippen LogP contribution >= 0.6 is 11.6 Å². The molecule has 0 atom stereocenters. The second kappa shape index (κ2) is 4.77. The SMILES string of the molecule is O=C(/C=C/c1ccccc1Cl)n1cccn1. The number of aromatic nitrogens is 2. The molecular formula is C12H9ClN2O. The van der Waals surface area contributed by atoms with E-state index in [1.807, 2.05) is 18.2 Å². The van der Waals surface area contributed by atoms with E-state index < -0.39 is 0 Å². The average molecular weight is 233 g/mol. The maximum absolute atomic E-state index is 11.6. The Morgan fingerprint density at radius 3 is 2.81 bits per heavy atom. The molecule has 1 heterocycles. The molecule has 0 amide bonds. The Balaban J connectivity index is 2.16. The van der Waals surface area contributed by atoms with E-state index in [0.717, 1.165) is 5.56 Å². The highest BCUT2D eigenvalue weighted by molar-refractivity contribution is 6.32. The summed E-state index contributed by atoms with van der Waals surface area (Å²) in [5.74, 6) is -0.204. The van der Waals surface area contributed by atoms with E-state index in [1.165, 1.54) is 10.8 Å². The van der Waals surface area contributed by atoms with Crippen LogP contribution < -0.4 is 0 Å². The van der Waals surface area contributed by atoms with Gasteiger partial charge in [0.2, 0.25) is 0 Å². The third-order valence-corrected chi connectivity index (χ3v) is 2.39. The van der Waals surface area contributed by atoms with Crippen LogP contribution in [0.2, 0.25) is 5.02 Å². The van der Waals surface area contributed by atoms with Crippen LogP contribution in [0, 0.1) is 0 Å². The lowest BCUT2D eigenvalue weighted by Gasteiger charge is -1.96. The van der Waals surface area contributed by atoms with Crippen molar-refractivity contribution in [2.24, 2.45) is 0 Å². The quantitative estimate of drug-likeness (QED) is 0.747. The largest absolute Gasteiger partial charge is 0.270 e. The molecule has 0 unspecified atom stereocenters. The van der Waals surface area contributed by atoms with Gasteiger partial charge in [-0.15, -0.1) is 0 Å². The topological polar surface area (TPSA) is 34.9 Å². The van der Waals surface area contributed by atoms with E-state index in [9.17, 15) is 4.79 Å². The Morgan fingerprint density at radius 2 is 2.12 bits per heavy atom. The molecule has 0 aliphatic carbocycles. The molecule has 2 rings (SSSR count). The van der Waals surface area contributed by atoms with E-state index >= 15 is 0 Å². The normalized spacial score (nSPS) is 10.8. The van der Waals surface area contributed by atoms with Gasteiger partial charge < -0.3 is 0 Å². The maximum atomic E-state index is 11.6. The third kappa shape index (κ3) is 2.38. The van der Waals surface area contributed by atoms with Gasteiger partial charge in [0.15, 0.2) is 0 Å². The van der Waals surface area contributed by atoms with Crippen molar-refractivity contribution in [1.82, 2.24) is 9.78 Å². The van der Waals surface area contributed by atoms with Crippen molar-refractivity contribution in [3.05, 3.63) is 59.4 Å². The molecule has 0 saturated heterocycles. The van der Waals surface area contributed by atoms with Gasteiger partial charge in [0, 0.05) is 23.5 Å². The third-order valence-electron chi connectivity index (χ3n) is 2.04. The molecule has 16 heavy (non-hydrogen) atoms. The number of halogens is 1. The Labute approximate surface area is 98.0 Å². The summed E-state index contributed by atoms with van der Waals surface area (Å²) < 4.78 is 1.26. The number of hydrogen-bond donors (Lipinski definition) is 0. The van der Waals surface area contributed by atoms with Crippen molar-refractivity contribution < 1.29 is 4.79 Å². The predicted molar refractivity (Wildman–Crippen MR) is 63.3 cm³/mol. The lowest BCUT2D eigenvalue weighted by Crippen LogP contribution is -2.06. The second-order valence-electron chi connectivity index (χ2n) is 3.14. The van der Waals surface area contributed by atoms with Gasteiger partial charge in [0.1, 0.15) is 0 Å². The molecule has 1 aromatic carbocycles. The number of allylic oxidation sites excluding steroid dienone is 1. The minimum absolute atomic E-state index is 0.204. The summed E-state index contributed by atoms with van der Waals surface area (Å²) in [5.41, 5.74) is 0.810. The molecule has 0 aliphatic rings. The minimum Gasteiger partial charge on any atom is -0.267 e. The zero-order chi connectivity index (χ0) is 11.4. The van der Waals surface area contributed by atoms with Gasteiger partial charge >= 0.3 is 0 Å². The molecule has 80 valence electrons. The number of benzene rings is 1. The minimum atomic E-state index is -0.204. The molecule has 0 saturated carbocycles. The van der Waals surface area contributed by atoms with E-state index in [1.54, 1.807) is 30.6 Å². The Kier molecular flexibility index (Phi) is 3.17. The van der Waals surface area contributed by atoms with Crippen molar-refractivity contribution in [2.75, 3.05) is 0 Å². The summed E-state index contributed by atoms with van der Waals surface area (Å²) in [7, 11) is 0. The molecule has 0 N–H and O–H groups in total. The monoisotopic (exact) mass is 232 g/mol. The summed E-state index contributed by atoms with van der Waals surface area (Å²) in [6, 6.07) is 9.02. The molecule has 1 aromatic heterocycles. The van der Waals surface area contributed by atoms with Gasteiger partial charge in [-0.1, -0.05) is 29.8 Å². The standard InChI is InChI=1S/C12H9ClN2O/c13-11-5-2-1-4-10(11)6-7-12(16)15-9-3-8-14-15/h1-9H/b7-6+. The molecule has 0 bridgehead atoms. The van der Waals surface area contributed by atoms with Gasteiger partial charge in [-0.3, -0.25) is 4.79 Å². The summed E-state index contributed by atoms with van der Waals surface area (Å²) >= 11 is 5.95.